The summed E-state index contributed by atoms with van der Waals surface area (Å²) in [5.74, 6) is 17.3. The standard InChI is InChI=1S/C12H6O/c1-2-3-4-5-6-7-8-9-10-12-11-13-12/h1,9-10,12H,11H2/b10-9+. The highest BCUT2D eigenvalue weighted by Gasteiger charge is 2.17. The molecule has 0 aromatic rings. The average Bonchev–Trinajstić information content (AvgIpc) is 2.93. The van der Waals surface area contributed by atoms with Gasteiger partial charge in [0.25, 0.3) is 0 Å². The van der Waals surface area contributed by atoms with Gasteiger partial charge in [0.1, 0.15) is 0 Å². The van der Waals surface area contributed by atoms with Crippen molar-refractivity contribution in [3.8, 4) is 47.9 Å². The summed E-state index contributed by atoms with van der Waals surface area (Å²) in [5, 5.41) is 0. The second kappa shape index (κ2) is 5.57. The van der Waals surface area contributed by atoms with E-state index < -0.39 is 0 Å². The summed E-state index contributed by atoms with van der Waals surface area (Å²) in [6, 6.07) is 0. The molecule has 1 saturated heterocycles. The molecule has 0 amide bonds. The molecule has 1 aliphatic heterocycles. The SMILES string of the molecule is C#CC#CC#CC#C/C=C/C1CO1. The first-order valence-corrected chi connectivity index (χ1v) is 3.68. The van der Waals surface area contributed by atoms with Crippen molar-refractivity contribution in [3.05, 3.63) is 12.2 Å². The molecule has 0 aromatic carbocycles. The van der Waals surface area contributed by atoms with Crippen LogP contribution >= 0.6 is 0 Å². The van der Waals surface area contributed by atoms with E-state index in [1.54, 1.807) is 6.08 Å². The van der Waals surface area contributed by atoms with Crippen LogP contribution in [0, 0.1) is 47.9 Å². The Hall–Kier alpha value is -2.06. The molecule has 1 rings (SSSR count). The van der Waals surface area contributed by atoms with Crippen LogP contribution in [0.3, 0.4) is 0 Å². The van der Waals surface area contributed by atoms with E-state index in [1.165, 1.54) is 0 Å². The van der Waals surface area contributed by atoms with E-state index in [-0.39, 0.29) is 6.10 Å². The lowest BCUT2D eigenvalue weighted by molar-refractivity contribution is 0.440. The van der Waals surface area contributed by atoms with Gasteiger partial charge in [-0.15, -0.1) is 6.42 Å². The van der Waals surface area contributed by atoms with Crippen molar-refractivity contribution in [2.24, 2.45) is 0 Å². The summed E-state index contributed by atoms with van der Waals surface area (Å²) >= 11 is 0. The Morgan fingerprint density at radius 1 is 1.15 bits per heavy atom. The number of terminal acetylenes is 1. The molecule has 60 valence electrons. The smallest absolute Gasteiger partial charge is 0.1000 e. The van der Waals surface area contributed by atoms with Gasteiger partial charge in [-0.2, -0.15) is 0 Å². The Morgan fingerprint density at radius 2 is 1.85 bits per heavy atom. The van der Waals surface area contributed by atoms with E-state index in [0.717, 1.165) is 6.61 Å². The zero-order valence-electron chi connectivity index (χ0n) is 6.92. The predicted octanol–water partition coefficient (Wildman–Crippen LogP) is 0.585. The van der Waals surface area contributed by atoms with Crippen LogP contribution < -0.4 is 0 Å². The van der Waals surface area contributed by atoms with Crippen molar-refractivity contribution in [1.29, 1.82) is 0 Å². The van der Waals surface area contributed by atoms with E-state index in [9.17, 15) is 0 Å². The zero-order chi connectivity index (χ0) is 9.36. The molecule has 1 nitrogen and oxygen atoms in total. The van der Waals surface area contributed by atoms with Gasteiger partial charge in [0, 0.05) is 0 Å². The minimum atomic E-state index is 0.267. The first-order valence-electron chi connectivity index (χ1n) is 3.68. The Balaban J connectivity index is 2.29. The molecule has 1 fully saturated rings. The lowest BCUT2D eigenvalue weighted by Gasteiger charge is -1.67. The van der Waals surface area contributed by atoms with E-state index in [0.29, 0.717) is 0 Å². The minimum Gasteiger partial charge on any atom is -0.369 e. The number of epoxide rings is 1. The molecule has 1 heterocycles. The van der Waals surface area contributed by atoms with Crippen LogP contribution in [-0.4, -0.2) is 12.7 Å². The monoisotopic (exact) mass is 166 g/mol. The number of hydrogen-bond acceptors (Lipinski definition) is 1. The molecule has 1 unspecified atom stereocenters. The second-order valence-corrected chi connectivity index (χ2v) is 2.14. The maximum Gasteiger partial charge on any atom is 0.1000 e. The first-order chi connectivity index (χ1) is 6.43. The summed E-state index contributed by atoms with van der Waals surface area (Å²) in [6.07, 6.45) is 8.76. The molecule has 1 atom stereocenters. The normalized spacial score (nSPS) is 16.7. The number of rotatable bonds is 1. The third-order valence-electron chi connectivity index (χ3n) is 1.15. The fraction of sp³-hybridized carbons (Fsp3) is 0.167. The predicted molar refractivity (Wildman–Crippen MR) is 51.0 cm³/mol. The fourth-order valence-corrected chi connectivity index (χ4v) is 0.530. The highest BCUT2D eigenvalue weighted by atomic mass is 16.6. The summed E-state index contributed by atoms with van der Waals surface area (Å²) in [5.41, 5.74) is 0. The summed E-state index contributed by atoms with van der Waals surface area (Å²) in [7, 11) is 0. The Bertz CT molecular complexity index is 411. The highest BCUT2D eigenvalue weighted by Crippen LogP contribution is 2.08. The van der Waals surface area contributed by atoms with Gasteiger partial charge >= 0.3 is 0 Å². The molecule has 0 bridgehead atoms. The quantitative estimate of drug-likeness (QED) is 0.410. The molecular formula is C12H6O. The van der Waals surface area contributed by atoms with Gasteiger partial charge in [0.05, 0.1) is 12.7 Å². The van der Waals surface area contributed by atoms with Gasteiger partial charge < -0.3 is 4.74 Å². The largest absolute Gasteiger partial charge is 0.369 e. The fourth-order valence-electron chi connectivity index (χ4n) is 0.530. The van der Waals surface area contributed by atoms with Gasteiger partial charge in [-0.25, -0.2) is 0 Å². The van der Waals surface area contributed by atoms with Gasteiger partial charge in [-0.3, -0.25) is 0 Å². The maximum absolute atomic E-state index is 4.93. The molecule has 0 saturated carbocycles. The molecule has 0 N–H and O–H groups in total. The van der Waals surface area contributed by atoms with Crippen LogP contribution in [0.2, 0.25) is 0 Å². The molecule has 13 heavy (non-hydrogen) atoms. The lowest BCUT2D eigenvalue weighted by Crippen LogP contribution is -1.70. The number of hydrogen-bond donors (Lipinski definition) is 0. The van der Waals surface area contributed by atoms with E-state index >= 15 is 0 Å². The summed E-state index contributed by atoms with van der Waals surface area (Å²) in [6.45, 7) is 0.803. The van der Waals surface area contributed by atoms with E-state index in [1.807, 2.05) is 6.08 Å². The van der Waals surface area contributed by atoms with Crippen LogP contribution in [0.25, 0.3) is 0 Å². The molecule has 1 aliphatic rings. The van der Waals surface area contributed by atoms with Gasteiger partial charge in [0.2, 0.25) is 0 Å². The second-order valence-electron chi connectivity index (χ2n) is 2.14. The molecule has 0 aromatic heterocycles. The Kier molecular flexibility index (Phi) is 3.87. The summed E-state index contributed by atoms with van der Waals surface area (Å²) < 4.78 is 4.93. The Morgan fingerprint density at radius 3 is 2.54 bits per heavy atom. The van der Waals surface area contributed by atoms with Crippen molar-refractivity contribution in [3.63, 3.8) is 0 Å². The summed E-state index contributed by atoms with van der Waals surface area (Å²) in [4.78, 5) is 0. The average molecular weight is 166 g/mol. The van der Waals surface area contributed by atoms with Crippen LogP contribution in [-0.2, 0) is 4.74 Å². The van der Waals surface area contributed by atoms with Crippen LogP contribution in [0.15, 0.2) is 12.2 Å². The number of allylic oxidation sites excluding steroid dienone is 1. The van der Waals surface area contributed by atoms with Crippen molar-refractivity contribution in [1.82, 2.24) is 0 Å². The van der Waals surface area contributed by atoms with E-state index in [2.05, 4.69) is 41.4 Å². The molecular weight excluding hydrogens is 160 g/mol. The third-order valence-corrected chi connectivity index (χ3v) is 1.15. The number of ether oxygens (including phenoxy) is 1. The highest BCUT2D eigenvalue weighted by molar-refractivity contribution is 5.40. The molecule has 0 aliphatic carbocycles. The molecule has 0 radical (unpaired) electrons. The van der Waals surface area contributed by atoms with Crippen LogP contribution in [0.1, 0.15) is 0 Å². The molecule has 0 spiro atoms. The van der Waals surface area contributed by atoms with Gasteiger partial charge in [-0.05, 0) is 47.7 Å². The van der Waals surface area contributed by atoms with Crippen LogP contribution in [0.4, 0.5) is 0 Å². The first kappa shape index (κ1) is 9.03. The van der Waals surface area contributed by atoms with Crippen molar-refractivity contribution in [2.45, 2.75) is 6.10 Å². The van der Waals surface area contributed by atoms with E-state index in [4.69, 9.17) is 11.2 Å². The minimum absolute atomic E-state index is 0.267. The van der Waals surface area contributed by atoms with Crippen molar-refractivity contribution in [2.75, 3.05) is 6.61 Å². The van der Waals surface area contributed by atoms with Gasteiger partial charge in [-0.1, -0.05) is 5.92 Å². The van der Waals surface area contributed by atoms with Gasteiger partial charge in [0.15, 0.2) is 0 Å². The van der Waals surface area contributed by atoms with Crippen LogP contribution in [0.5, 0.6) is 0 Å². The Labute approximate surface area is 78.2 Å². The topological polar surface area (TPSA) is 12.5 Å². The third kappa shape index (κ3) is 5.24. The molecule has 1 heteroatoms. The zero-order valence-corrected chi connectivity index (χ0v) is 6.92. The van der Waals surface area contributed by atoms with Crippen molar-refractivity contribution < 1.29 is 4.74 Å². The maximum atomic E-state index is 4.93. The lowest BCUT2D eigenvalue weighted by atomic mass is 10.4. The van der Waals surface area contributed by atoms with Crippen molar-refractivity contribution >= 4 is 0 Å².